The van der Waals surface area contributed by atoms with E-state index < -0.39 is 0 Å². The van der Waals surface area contributed by atoms with Gasteiger partial charge in [0.05, 0.1) is 11.4 Å². The summed E-state index contributed by atoms with van der Waals surface area (Å²) in [5.41, 5.74) is 2.57. The second kappa shape index (κ2) is 6.32. The Kier molecular flexibility index (Phi) is 4.75. The van der Waals surface area contributed by atoms with Gasteiger partial charge in [0.25, 0.3) is 0 Å². The highest BCUT2D eigenvalue weighted by Crippen LogP contribution is 2.35. The lowest BCUT2D eigenvalue weighted by atomic mass is 10.0. The van der Waals surface area contributed by atoms with Crippen LogP contribution in [0.15, 0.2) is 0 Å². The number of rotatable bonds is 6. The molecule has 1 N–H and O–H groups in total. The van der Waals surface area contributed by atoms with Gasteiger partial charge in [0.1, 0.15) is 0 Å². The van der Waals surface area contributed by atoms with Crippen LogP contribution >= 0.6 is 0 Å². The van der Waals surface area contributed by atoms with Gasteiger partial charge in [-0.05, 0) is 32.2 Å². The Morgan fingerprint density at radius 2 is 2.06 bits per heavy atom. The lowest BCUT2D eigenvalue weighted by molar-refractivity contribution is 0.455. The first kappa shape index (κ1) is 13.5. The van der Waals surface area contributed by atoms with Crippen LogP contribution in [-0.2, 0) is 13.1 Å². The summed E-state index contributed by atoms with van der Waals surface area (Å²) in [6, 6.07) is 0. The molecule has 4 nitrogen and oxygen atoms in total. The van der Waals surface area contributed by atoms with Crippen molar-refractivity contribution in [3.63, 3.8) is 0 Å². The van der Waals surface area contributed by atoms with E-state index in [0.717, 1.165) is 24.7 Å². The van der Waals surface area contributed by atoms with Crippen molar-refractivity contribution < 1.29 is 0 Å². The molecule has 1 aromatic heterocycles. The molecule has 0 radical (unpaired) electrons. The minimum atomic E-state index is 0.690. The Balaban J connectivity index is 2.16. The molecule has 0 aliphatic heterocycles. The molecule has 2 rings (SSSR count). The van der Waals surface area contributed by atoms with Crippen LogP contribution in [0.25, 0.3) is 0 Å². The Labute approximate surface area is 110 Å². The van der Waals surface area contributed by atoms with Crippen molar-refractivity contribution >= 4 is 0 Å². The third-order valence-corrected chi connectivity index (χ3v) is 3.85. The summed E-state index contributed by atoms with van der Waals surface area (Å²) < 4.78 is 2.17. The lowest BCUT2D eigenvalue weighted by Gasteiger charge is -2.14. The topological polar surface area (TPSA) is 42.7 Å². The van der Waals surface area contributed by atoms with Gasteiger partial charge in [-0.2, -0.15) is 0 Å². The molecule has 0 saturated heterocycles. The maximum Gasteiger partial charge on any atom is 0.0999 e. The van der Waals surface area contributed by atoms with Crippen molar-refractivity contribution in [2.24, 2.45) is 5.92 Å². The molecule has 4 heteroatoms. The first-order valence-electron chi connectivity index (χ1n) is 7.29. The highest BCUT2D eigenvalue weighted by molar-refractivity contribution is 5.17. The Hall–Kier alpha value is -0.900. The van der Waals surface area contributed by atoms with E-state index in [4.69, 9.17) is 0 Å². The Morgan fingerprint density at radius 3 is 2.67 bits per heavy atom. The molecule has 1 aromatic rings. The van der Waals surface area contributed by atoms with E-state index in [1.165, 1.54) is 37.8 Å². The van der Waals surface area contributed by atoms with Crippen molar-refractivity contribution in [3.05, 3.63) is 11.4 Å². The van der Waals surface area contributed by atoms with Gasteiger partial charge in [-0.25, -0.2) is 4.68 Å². The van der Waals surface area contributed by atoms with E-state index in [-0.39, 0.29) is 0 Å². The standard InChI is InChI=1S/C14H26N4/c1-11(2)8-9-18-14(12-6-4-5-7-12)13(10-15-3)16-17-18/h11-12,15H,4-10H2,1-3H3. The molecular weight excluding hydrogens is 224 g/mol. The number of hydrogen-bond donors (Lipinski definition) is 1. The second-order valence-corrected chi connectivity index (χ2v) is 5.84. The number of hydrogen-bond acceptors (Lipinski definition) is 3. The first-order chi connectivity index (χ1) is 8.72. The van der Waals surface area contributed by atoms with Crippen molar-refractivity contribution in [2.75, 3.05) is 7.05 Å². The van der Waals surface area contributed by atoms with Gasteiger partial charge >= 0.3 is 0 Å². The van der Waals surface area contributed by atoms with Gasteiger partial charge in [-0.15, -0.1) is 5.10 Å². The molecule has 1 saturated carbocycles. The molecule has 1 aliphatic rings. The zero-order valence-electron chi connectivity index (χ0n) is 11.9. The average molecular weight is 250 g/mol. The summed E-state index contributed by atoms with van der Waals surface area (Å²) >= 11 is 0. The quantitative estimate of drug-likeness (QED) is 0.844. The van der Waals surface area contributed by atoms with Crippen LogP contribution in [-0.4, -0.2) is 22.0 Å². The SMILES string of the molecule is CNCc1nnn(CCC(C)C)c1C1CCCC1. The van der Waals surface area contributed by atoms with Crippen LogP contribution in [0.5, 0.6) is 0 Å². The highest BCUT2D eigenvalue weighted by atomic mass is 15.4. The molecule has 18 heavy (non-hydrogen) atoms. The highest BCUT2D eigenvalue weighted by Gasteiger charge is 2.25. The van der Waals surface area contributed by atoms with E-state index in [1.807, 2.05) is 7.05 Å². The van der Waals surface area contributed by atoms with E-state index in [0.29, 0.717) is 5.92 Å². The summed E-state index contributed by atoms with van der Waals surface area (Å²) in [6.45, 7) is 6.38. The van der Waals surface area contributed by atoms with E-state index in [1.54, 1.807) is 0 Å². The summed E-state index contributed by atoms with van der Waals surface area (Å²) in [7, 11) is 1.98. The first-order valence-corrected chi connectivity index (χ1v) is 7.29. The maximum atomic E-state index is 4.38. The van der Waals surface area contributed by atoms with Crippen LogP contribution in [0.4, 0.5) is 0 Å². The zero-order chi connectivity index (χ0) is 13.0. The average Bonchev–Trinajstić information content (AvgIpc) is 2.95. The summed E-state index contributed by atoms with van der Waals surface area (Å²) in [5.74, 6) is 1.41. The molecule has 1 heterocycles. The van der Waals surface area contributed by atoms with Gasteiger partial charge in [-0.1, -0.05) is 31.9 Å². The number of aromatic nitrogens is 3. The molecule has 0 spiro atoms. The Morgan fingerprint density at radius 1 is 1.33 bits per heavy atom. The van der Waals surface area contributed by atoms with Crippen LogP contribution in [0.2, 0.25) is 0 Å². The number of nitrogens with zero attached hydrogens (tertiary/aromatic N) is 3. The molecule has 102 valence electrons. The van der Waals surface area contributed by atoms with E-state index in [2.05, 4.69) is 34.2 Å². The molecule has 0 bridgehead atoms. The van der Waals surface area contributed by atoms with Crippen LogP contribution in [0.3, 0.4) is 0 Å². The monoisotopic (exact) mass is 250 g/mol. The van der Waals surface area contributed by atoms with Crippen LogP contribution in [0.1, 0.15) is 63.3 Å². The van der Waals surface area contributed by atoms with Crippen molar-refractivity contribution in [1.82, 2.24) is 20.3 Å². The van der Waals surface area contributed by atoms with Gasteiger partial charge < -0.3 is 5.32 Å². The normalized spacial score (nSPS) is 16.9. The lowest BCUT2D eigenvalue weighted by Crippen LogP contribution is -2.13. The number of aryl methyl sites for hydroxylation is 1. The Bertz CT molecular complexity index is 364. The molecule has 0 amide bonds. The van der Waals surface area contributed by atoms with Crippen molar-refractivity contribution in [3.8, 4) is 0 Å². The van der Waals surface area contributed by atoms with Crippen molar-refractivity contribution in [2.45, 2.75) is 65.0 Å². The molecule has 0 unspecified atom stereocenters. The molecule has 0 atom stereocenters. The predicted molar refractivity (Wildman–Crippen MR) is 73.4 cm³/mol. The predicted octanol–water partition coefficient (Wildman–Crippen LogP) is 2.70. The molecule has 1 aliphatic carbocycles. The minimum Gasteiger partial charge on any atom is -0.314 e. The van der Waals surface area contributed by atoms with Gasteiger partial charge in [0.2, 0.25) is 0 Å². The minimum absolute atomic E-state index is 0.690. The third-order valence-electron chi connectivity index (χ3n) is 3.85. The molecule has 1 fully saturated rings. The van der Waals surface area contributed by atoms with Crippen molar-refractivity contribution in [1.29, 1.82) is 0 Å². The summed E-state index contributed by atoms with van der Waals surface area (Å²) in [5, 5.41) is 12.0. The van der Waals surface area contributed by atoms with Crippen LogP contribution < -0.4 is 5.32 Å². The van der Waals surface area contributed by atoms with E-state index in [9.17, 15) is 0 Å². The zero-order valence-corrected chi connectivity index (χ0v) is 11.9. The third kappa shape index (κ3) is 3.10. The fourth-order valence-electron chi connectivity index (χ4n) is 2.84. The number of nitrogens with one attached hydrogen (secondary N) is 1. The fraction of sp³-hybridized carbons (Fsp3) is 0.857. The summed E-state index contributed by atoms with van der Waals surface area (Å²) in [4.78, 5) is 0. The molecule has 0 aromatic carbocycles. The largest absolute Gasteiger partial charge is 0.314 e. The fourth-order valence-corrected chi connectivity index (χ4v) is 2.84. The van der Waals surface area contributed by atoms with E-state index >= 15 is 0 Å². The second-order valence-electron chi connectivity index (χ2n) is 5.84. The van der Waals surface area contributed by atoms with Gasteiger partial charge in [0.15, 0.2) is 0 Å². The van der Waals surface area contributed by atoms with Gasteiger partial charge in [-0.3, -0.25) is 0 Å². The summed E-state index contributed by atoms with van der Waals surface area (Å²) in [6.07, 6.45) is 6.53. The van der Waals surface area contributed by atoms with Crippen LogP contribution in [0, 0.1) is 5.92 Å². The maximum absolute atomic E-state index is 4.38. The smallest absolute Gasteiger partial charge is 0.0999 e. The van der Waals surface area contributed by atoms with Gasteiger partial charge in [0, 0.05) is 19.0 Å². The molecular formula is C14H26N4.